The summed E-state index contributed by atoms with van der Waals surface area (Å²) in [5, 5.41) is 14.0. The molecule has 0 amide bonds. The van der Waals surface area contributed by atoms with Crippen LogP contribution in [0.2, 0.25) is 0 Å². The fraction of sp³-hybridized carbons (Fsp3) is 0.158. The van der Waals surface area contributed by atoms with E-state index in [9.17, 15) is 5.26 Å². The Hall–Kier alpha value is -2.86. The summed E-state index contributed by atoms with van der Waals surface area (Å²) in [6, 6.07) is 18.5. The summed E-state index contributed by atoms with van der Waals surface area (Å²) < 4.78 is 1.84. The highest BCUT2D eigenvalue weighted by molar-refractivity contribution is 5.75. The molecule has 0 atom stereocenters. The van der Waals surface area contributed by atoms with Gasteiger partial charge in [-0.15, -0.1) is 0 Å². The second kappa shape index (κ2) is 5.50. The molecule has 3 heteroatoms. The molecule has 0 bridgehead atoms. The standard InChI is InChI=1S/C19H17N3/c1-13-4-6-15(7-5-13)18-9-8-16(11-17(18)12-20)19-10-14(2)22(3)21-19/h4-11H,1-3H3. The Morgan fingerprint density at radius 1 is 0.955 bits per heavy atom. The molecule has 108 valence electrons. The highest BCUT2D eigenvalue weighted by Crippen LogP contribution is 2.28. The number of nitriles is 1. The molecule has 0 unspecified atom stereocenters. The van der Waals surface area contributed by atoms with Crippen molar-refractivity contribution in [2.45, 2.75) is 13.8 Å². The molecule has 3 aromatic rings. The Morgan fingerprint density at radius 3 is 2.23 bits per heavy atom. The topological polar surface area (TPSA) is 41.6 Å². The van der Waals surface area contributed by atoms with Gasteiger partial charge in [-0.2, -0.15) is 10.4 Å². The van der Waals surface area contributed by atoms with Crippen LogP contribution in [0, 0.1) is 25.2 Å². The van der Waals surface area contributed by atoms with E-state index in [0.29, 0.717) is 5.56 Å². The van der Waals surface area contributed by atoms with E-state index >= 15 is 0 Å². The van der Waals surface area contributed by atoms with Gasteiger partial charge >= 0.3 is 0 Å². The molecule has 0 aliphatic rings. The van der Waals surface area contributed by atoms with Crippen LogP contribution < -0.4 is 0 Å². The van der Waals surface area contributed by atoms with Gasteiger partial charge in [0.1, 0.15) is 0 Å². The molecule has 3 rings (SSSR count). The molecule has 0 saturated heterocycles. The van der Waals surface area contributed by atoms with Crippen molar-refractivity contribution in [2.24, 2.45) is 7.05 Å². The van der Waals surface area contributed by atoms with E-state index in [4.69, 9.17) is 0 Å². The van der Waals surface area contributed by atoms with Crippen LogP contribution in [0.4, 0.5) is 0 Å². The maximum atomic E-state index is 9.49. The van der Waals surface area contributed by atoms with Crippen molar-refractivity contribution in [3.05, 3.63) is 65.4 Å². The number of hydrogen-bond donors (Lipinski definition) is 0. The third kappa shape index (κ3) is 2.51. The quantitative estimate of drug-likeness (QED) is 0.707. The lowest BCUT2D eigenvalue weighted by Gasteiger charge is -2.07. The third-order valence-electron chi connectivity index (χ3n) is 3.91. The van der Waals surface area contributed by atoms with Crippen LogP contribution >= 0.6 is 0 Å². The first-order valence-electron chi connectivity index (χ1n) is 7.20. The maximum Gasteiger partial charge on any atom is 0.0998 e. The van der Waals surface area contributed by atoms with Gasteiger partial charge < -0.3 is 0 Å². The summed E-state index contributed by atoms with van der Waals surface area (Å²) in [6.45, 7) is 4.07. The predicted octanol–water partition coefficient (Wildman–Crippen LogP) is 4.24. The number of benzene rings is 2. The van der Waals surface area contributed by atoms with E-state index in [-0.39, 0.29) is 0 Å². The number of aromatic nitrogens is 2. The van der Waals surface area contributed by atoms with Crippen molar-refractivity contribution < 1.29 is 0 Å². The summed E-state index contributed by atoms with van der Waals surface area (Å²) in [4.78, 5) is 0. The lowest BCUT2D eigenvalue weighted by molar-refractivity contribution is 0.743. The largest absolute Gasteiger partial charge is 0.272 e. The summed E-state index contributed by atoms with van der Waals surface area (Å²) in [7, 11) is 1.92. The first-order chi connectivity index (χ1) is 10.6. The molecular weight excluding hydrogens is 270 g/mol. The van der Waals surface area contributed by atoms with E-state index in [1.807, 2.05) is 42.9 Å². The number of hydrogen-bond acceptors (Lipinski definition) is 2. The van der Waals surface area contributed by atoms with Gasteiger partial charge in [0.15, 0.2) is 0 Å². The second-order valence-electron chi connectivity index (χ2n) is 5.53. The smallest absolute Gasteiger partial charge is 0.0998 e. The first-order valence-corrected chi connectivity index (χ1v) is 7.20. The average Bonchev–Trinajstić information content (AvgIpc) is 2.87. The van der Waals surface area contributed by atoms with E-state index in [1.54, 1.807) is 0 Å². The molecule has 3 nitrogen and oxygen atoms in total. The van der Waals surface area contributed by atoms with Gasteiger partial charge in [0, 0.05) is 18.3 Å². The van der Waals surface area contributed by atoms with Crippen LogP contribution in [0.5, 0.6) is 0 Å². The van der Waals surface area contributed by atoms with Crippen LogP contribution in [0.1, 0.15) is 16.8 Å². The Balaban J connectivity index is 2.08. The molecular formula is C19H17N3. The zero-order valence-corrected chi connectivity index (χ0v) is 13.0. The van der Waals surface area contributed by atoms with Crippen molar-refractivity contribution in [2.75, 3.05) is 0 Å². The van der Waals surface area contributed by atoms with Crippen LogP contribution in [-0.4, -0.2) is 9.78 Å². The summed E-state index contributed by atoms with van der Waals surface area (Å²) in [5.41, 5.74) is 6.86. The number of rotatable bonds is 2. The van der Waals surface area contributed by atoms with E-state index in [2.05, 4.69) is 42.4 Å². The minimum absolute atomic E-state index is 0.671. The fourth-order valence-electron chi connectivity index (χ4n) is 2.48. The van der Waals surface area contributed by atoms with E-state index in [0.717, 1.165) is 28.1 Å². The summed E-state index contributed by atoms with van der Waals surface area (Å²) >= 11 is 0. The molecule has 0 aliphatic carbocycles. The lowest BCUT2D eigenvalue weighted by Crippen LogP contribution is -1.92. The van der Waals surface area contributed by atoms with Crippen molar-refractivity contribution in [1.29, 1.82) is 5.26 Å². The molecule has 1 heterocycles. The van der Waals surface area contributed by atoms with Crippen molar-refractivity contribution in [1.82, 2.24) is 9.78 Å². The molecule has 0 saturated carbocycles. The minimum Gasteiger partial charge on any atom is -0.272 e. The number of aryl methyl sites for hydroxylation is 3. The normalized spacial score (nSPS) is 10.5. The third-order valence-corrected chi connectivity index (χ3v) is 3.91. The molecule has 0 N–H and O–H groups in total. The predicted molar refractivity (Wildman–Crippen MR) is 88.3 cm³/mol. The highest BCUT2D eigenvalue weighted by atomic mass is 15.3. The van der Waals surface area contributed by atoms with Crippen LogP contribution in [-0.2, 0) is 7.05 Å². The second-order valence-corrected chi connectivity index (χ2v) is 5.53. The van der Waals surface area contributed by atoms with Gasteiger partial charge in [-0.1, -0.05) is 42.0 Å². The van der Waals surface area contributed by atoms with Crippen LogP contribution in [0.3, 0.4) is 0 Å². The molecule has 2 aromatic carbocycles. The van der Waals surface area contributed by atoms with Gasteiger partial charge in [0.25, 0.3) is 0 Å². The monoisotopic (exact) mass is 287 g/mol. The van der Waals surface area contributed by atoms with Gasteiger partial charge in [-0.3, -0.25) is 4.68 Å². The van der Waals surface area contributed by atoms with Crippen LogP contribution in [0.15, 0.2) is 48.5 Å². The Kier molecular flexibility index (Phi) is 3.52. The summed E-state index contributed by atoms with van der Waals surface area (Å²) in [5.74, 6) is 0. The maximum absolute atomic E-state index is 9.49. The molecule has 0 spiro atoms. The Bertz CT molecular complexity index is 845. The molecule has 22 heavy (non-hydrogen) atoms. The SMILES string of the molecule is Cc1ccc(-c2ccc(-c3cc(C)n(C)n3)cc2C#N)cc1. The molecule has 1 aromatic heterocycles. The van der Waals surface area contributed by atoms with Gasteiger partial charge in [-0.25, -0.2) is 0 Å². The van der Waals surface area contributed by atoms with Crippen molar-refractivity contribution in [3.8, 4) is 28.5 Å². The summed E-state index contributed by atoms with van der Waals surface area (Å²) in [6.07, 6.45) is 0. The van der Waals surface area contributed by atoms with Gasteiger partial charge in [-0.05, 0) is 37.1 Å². The van der Waals surface area contributed by atoms with Gasteiger partial charge in [0.2, 0.25) is 0 Å². The zero-order valence-electron chi connectivity index (χ0n) is 13.0. The van der Waals surface area contributed by atoms with E-state index in [1.165, 1.54) is 5.56 Å². The fourth-order valence-corrected chi connectivity index (χ4v) is 2.48. The number of nitrogens with zero attached hydrogens (tertiary/aromatic N) is 3. The highest BCUT2D eigenvalue weighted by Gasteiger charge is 2.10. The molecule has 0 aliphatic heterocycles. The van der Waals surface area contributed by atoms with E-state index < -0.39 is 0 Å². The molecule has 0 fully saturated rings. The van der Waals surface area contributed by atoms with Gasteiger partial charge in [0.05, 0.1) is 17.3 Å². The minimum atomic E-state index is 0.671. The van der Waals surface area contributed by atoms with Crippen LogP contribution in [0.25, 0.3) is 22.4 Å². The van der Waals surface area contributed by atoms with Crippen molar-refractivity contribution in [3.63, 3.8) is 0 Å². The first kappa shape index (κ1) is 14.1. The average molecular weight is 287 g/mol. The lowest BCUT2D eigenvalue weighted by atomic mass is 9.96. The Labute approximate surface area is 130 Å². The van der Waals surface area contributed by atoms with Crippen molar-refractivity contribution >= 4 is 0 Å². The zero-order chi connectivity index (χ0) is 15.7. The Morgan fingerprint density at radius 2 is 1.64 bits per heavy atom. The molecule has 0 radical (unpaired) electrons.